The molecule has 0 saturated carbocycles. The molecule has 1 aliphatic rings. The molecule has 2 aromatic rings. The third-order valence-corrected chi connectivity index (χ3v) is 4.23. The van der Waals surface area contributed by atoms with Crippen LogP contribution < -0.4 is 5.73 Å². The number of halogens is 1. The molecular formula is C18H18ClN. The third kappa shape index (κ3) is 2.39. The molecule has 0 saturated heterocycles. The van der Waals surface area contributed by atoms with Crippen LogP contribution >= 0.6 is 11.6 Å². The summed E-state index contributed by atoms with van der Waals surface area (Å²) < 4.78 is 0. The van der Waals surface area contributed by atoms with Crippen LogP contribution in [0.5, 0.6) is 0 Å². The van der Waals surface area contributed by atoms with Gasteiger partial charge in [0.25, 0.3) is 0 Å². The molecule has 2 heteroatoms. The second-order valence-corrected chi connectivity index (χ2v) is 5.53. The maximum atomic E-state index is 6.41. The van der Waals surface area contributed by atoms with Crippen LogP contribution in [0.3, 0.4) is 0 Å². The van der Waals surface area contributed by atoms with Gasteiger partial charge in [0.2, 0.25) is 0 Å². The van der Waals surface area contributed by atoms with Gasteiger partial charge in [0.15, 0.2) is 0 Å². The Labute approximate surface area is 125 Å². The topological polar surface area (TPSA) is 26.0 Å². The number of aryl methyl sites for hydroxylation is 1. The van der Waals surface area contributed by atoms with Gasteiger partial charge in [0.05, 0.1) is 0 Å². The molecule has 0 atom stereocenters. The van der Waals surface area contributed by atoms with Crippen molar-refractivity contribution in [3.8, 4) is 0 Å². The monoisotopic (exact) mass is 283 g/mol. The highest BCUT2D eigenvalue weighted by atomic mass is 35.5. The van der Waals surface area contributed by atoms with Crippen molar-refractivity contribution in [3.05, 3.63) is 75.8 Å². The molecule has 0 aromatic heterocycles. The van der Waals surface area contributed by atoms with Crippen molar-refractivity contribution in [2.24, 2.45) is 5.73 Å². The summed E-state index contributed by atoms with van der Waals surface area (Å²) in [6.07, 6.45) is 5.16. The Kier molecular flexibility index (Phi) is 3.90. The minimum Gasteiger partial charge on any atom is -0.330 e. The number of nitrogens with two attached hydrogens (primary N) is 1. The second kappa shape index (κ2) is 5.82. The van der Waals surface area contributed by atoms with E-state index >= 15 is 0 Å². The predicted molar refractivity (Wildman–Crippen MR) is 86.1 cm³/mol. The van der Waals surface area contributed by atoms with Crippen LogP contribution in [0, 0.1) is 0 Å². The zero-order chi connectivity index (χ0) is 13.9. The number of hydrogen-bond donors (Lipinski definition) is 1. The summed E-state index contributed by atoms with van der Waals surface area (Å²) in [6, 6.07) is 14.8. The summed E-state index contributed by atoms with van der Waals surface area (Å²) in [5.41, 5.74) is 12.2. The van der Waals surface area contributed by atoms with Gasteiger partial charge in [0.1, 0.15) is 0 Å². The van der Waals surface area contributed by atoms with E-state index in [0.717, 1.165) is 24.3 Å². The Hall–Kier alpha value is -1.57. The van der Waals surface area contributed by atoms with Gasteiger partial charge in [-0.15, -0.1) is 0 Å². The van der Waals surface area contributed by atoms with E-state index in [0.29, 0.717) is 6.54 Å². The van der Waals surface area contributed by atoms with Crippen molar-refractivity contribution < 1.29 is 0 Å². The SMILES string of the molecule is NCC/C=C1/c2ccccc2CCc2c(Cl)cccc21. The number of rotatable bonds is 2. The van der Waals surface area contributed by atoms with E-state index in [-0.39, 0.29) is 0 Å². The summed E-state index contributed by atoms with van der Waals surface area (Å²) in [5, 5.41) is 0.869. The average molecular weight is 284 g/mol. The zero-order valence-corrected chi connectivity index (χ0v) is 12.2. The van der Waals surface area contributed by atoms with E-state index in [4.69, 9.17) is 17.3 Å². The molecule has 0 radical (unpaired) electrons. The van der Waals surface area contributed by atoms with Crippen molar-refractivity contribution in [1.82, 2.24) is 0 Å². The highest BCUT2D eigenvalue weighted by Gasteiger charge is 2.18. The molecule has 0 aliphatic heterocycles. The molecule has 1 aliphatic carbocycles. The van der Waals surface area contributed by atoms with Crippen LogP contribution in [0.4, 0.5) is 0 Å². The lowest BCUT2D eigenvalue weighted by Gasteiger charge is -2.12. The molecule has 0 spiro atoms. The first-order valence-electron chi connectivity index (χ1n) is 7.07. The van der Waals surface area contributed by atoms with Crippen LogP contribution in [0.15, 0.2) is 48.5 Å². The van der Waals surface area contributed by atoms with Crippen molar-refractivity contribution in [2.45, 2.75) is 19.3 Å². The average Bonchev–Trinajstić information content (AvgIpc) is 2.63. The minimum atomic E-state index is 0.668. The van der Waals surface area contributed by atoms with E-state index in [1.807, 2.05) is 12.1 Å². The Morgan fingerprint density at radius 2 is 1.80 bits per heavy atom. The highest BCUT2D eigenvalue weighted by Crippen LogP contribution is 2.36. The van der Waals surface area contributed by atoms with Gasteiger partial charge in [-0.3, -0.25) is 0 Å². The van der Waals surface area contributed by atoms with Crippen LogP contribution in [-0.2, 0) is 12.8 Å². The third-order valence-electron chi connectivity index (χ3n) is 3.88. The standard InChI is InChI=1S/C18H18ClN/c19-18-9-3-7-16-15(8-4-12-20)14-6-2-1-5-13(14)10-11-17(16)18/h1-3,5-9H,4,10-12,20H2/b15-8-. The Morgan fingerprint density at radius 1 is 1.00 bits per heavy atom. The normalized spacial score (nSPS) is 15.6. The van der Waals surface area contributed by atoms with Gasteiger partial charge < -0.3 is 5.73 Å². The maximum Gasteiger partial charge on any atom is 0.0444 e. The van der Waals surface area contributed by atoms with Gasteiger partial charge >= 0.3 is 0 Å². The lowest BCUT2D eigenvalue weighted by atomic mass is 9.93. The maximum absolute atomic E-state index is 6.41. The summed E-state index contributed by atoms with van der Waals surface area (Å²) in [7, 11) is 0. The molecule has 0 fully saturated rings. The summed E-state index contributed by atoms with van der Waals surface area (Å²) in [5.74, 6) is 0. The number of fused-ring (bicyclic) bond motifs is 2. The Bertz CT molecular complexity index is 658. The summed E-state index contributed by atoms with van der Waals surface area (Å²) in [6.45, 7) is 0.668. The van der Waals surface area contributed by atoms with Crippen molar-refractivity contribution in [1.29, 1.82) is 0 Å². The molecule has 0 amide bonds. The minimum absolute atomic E-state index is 0.668. The fourth-order valence-electron chi connectivity index (χ4n) is 2.92. The lowest BCUT2D eigenvalue weighted by Crippen LogP contribution is -1.98. The van der Waals surface area contributed by atoms with Gasteiger partial charge in [-0.2, -0.15) is 0 Å². The van der Waals surface area contributed by atoms with E-state index in [2.05, 4.69) is 36.4 Å². The molecule has 0 heterocycles. The fraction of sp³-hybridized carbons (Fsp3) is 0.222. The van der Waals surface area contributed by atoms with Crippen molar-refractivity contribution >= 4 is 17.2 Å². The molecule has 102 valence electrons. The number of benzene rings is 2. The van der Waals surface area contributed by atoms with E-state index in [1.165, 1.54) is 27.8 Å². The van der Waals surface area contributed by atoms with E-state index in [9.17, 15) is 0 Å². The lowest BCUT2D eigenvalue weighted by molar-refractivity contribution is 0.965. The highest BCUT2D eigenvalue weighted by molar-refractivity contribution is 6.31. The Balaban J connectivity index is 2.23. The first kappa shape index (κ1) is 13.4. The van der Waals surface area contributed by atoms with Crippen LogP contribution in [-0.4, -0.2) is 6.54 Å². The first-order valence-corrected chi connectivity index (χ1v) is 7.45. The van der Waals surface area contributed by atoms with Crippen LogP contribution in [0.1, 0.15) is 28.7 Å². The fourth-order valence-corrected chi connectivity index (χ4v) is 3.19. The largest absolute Gasteiger partial charge is 0.330 e. The van der Waals surface area contributed by atoms with E-state index in [1.54, 1.807) is 0 Å². The van der Waals surface area contributed by atoms with Gasteiger partial charge in [-0.05, 0) is 59.7 Å². The molecule has 1 nitrogen and oxygen atoms in total. The van der Waals surface area contributed by atoms with Crippen LogP contribution in [0.25, 0.3) is 5.57 Å². The summed E-state index contributed by atoms with van der Waals surface area (Å²) in [4.78, 5) is 0. The van der Waals surface area contributed by atoms with Crippen LogP contribution in [0.2, 0.25) is 5.02 Å². The first-order chi connectivity index (χ1) is 9.81. The van der Waals surface area contributed by atoms with Crippen molar-refractivity contribution in [2.75, 3.05) is 6.54 Å². The molecule has 20 heavy (non-hydrogen) atoms. The zero-order valence-electron chi connectivity index (χ0n) is 11.4. The molecular weight excluding hydrogens is 266 g/mol. The Morgan fingerprint density at radius 3 is 2.65 bits per heavy atom. The molecule has 2 N–H and O–H groups in total. The second-order valence-electron chi connectivity index (χ2n) is 5.12. The quantitative estimate of drug-likeness (QED) is 0.877. The van der Waals surface area contributed by atoms with Gasteiger partial charge in [-0.25, -0.2) is 0 Å². The molecule has 0 unspecified atom stereocenters. The van der Waals surface area contributed by atoms with Crippen molar-refractivity contribution in [3.63, 3.8) is 0 Å². The molecule has 0 bridgehead atoms. The summed E-state index contributed by atoms with van der Waals surface area (Å²) >= 11 is 6.41. The van der Waals surface area contributed by atoms with E-state index < -0.39 is 0 Å². The van der Waals surface area contributed by atoms with Gasteiger partial charge in [0, 0.05) is 5.02 Å². The smallest absolute Gasteiger partial charge is 0.0444 e. The molecule has 2 aromatic carbocycles. The number of hydrogen-bond acceptors (Lipinski definition) is 1. The predicted octanol–water partition coefficient (Wildman–Crippen LogP) is 4.22. The molecule has 3 rings (SSSR count). The van der Waals surface area contributed by atoms with Gasteiger partial charge in [-0.1, -0.05) is 54.1 Å².